The Morgan fingerprint density at radius 2 is 0.625 bits per heavy atom. The summed E-state index contributed by atoms with van der Waals surface area (Å²) in [6, 6.07) is 58.6. The van der Waals surface area contributed by atoms with Crippen LogP contribution in [0.15, 0.2) is 188 Å². The predicted molar refractivity (Wildman–Crippen MR) is 263 cm³/mol. The van der Waals surface area contributed by atoms with E-state index in [0.29, 0.717) is 66.8 Å². The lowest BCUT2D eigenvalue weighted by atomic mass is 9.62. The van der Waals surface area contributed by atoms with Crippen LogP contribution < -0.4 is 0 Å². The van der Waals surface area contributed by atoms with Crippen molar-refractivity contribution in [3.63, 3.8) is 0 Å². The molecule has 0 radical (unpaired) electrons. The van der Waals surface area contributed by atoms with Crippen LogP contribution in [0.5, 0.6) is 23.0 Å². The summed E-state index contributed by atoms with van der Waals surface area (Å²) in [6.07, 6.45) is 0. The maximum atomic E-state index is 11.8. The number of aryl methyl sites for hydroxylation is 1. The van der Waals surface area contributed by atoms with Crippen LogP contribution in [0.4, 0.5) is 0 Å². The fourth-order valence-electron chi connectivity index (χ4n) is 8.74. The highest BCUT2D eigenvalue weighted by Crippen LogP contribution is 2.56. The second-order valence-corrected chi connectivity index (χ2v) is 17.3. The van der Waals surface area contributed by atoms with Crippen molar-refractivity contribution >= 4 is 46.4 Å². The lowest BCUT2D eigenvalue weighted by Gasteiger charge is -2.40. The summed E-state index contributed by atoms with van der Waals surface area (Å²) in [7, 11) is 0. The van der Waals surface area contributed by atoms with E-state index in [4.69, 9.17) is 46.4 Å². The van der Waals surface area contributed by atoms with E-state index in [2.05, 4.69) is 6.07 Å². The molecule has 0 heterocycles. The molecule has 0 saturated carbocycles. The number of benzene rings is 9. The number of halogens is 4. The highest BCUT2D eigenvalue weighted by molar-refractivity contribution is 6.34. The number of phenols is 4. The SMILES string of the molecule is Cc1ccc(C(c2cc(Cl)c(O)c(-c3ccccc3)c2)(c2cc(Cl)c(O)c(-c3ccccc3)c2)c2cc(Cl)c(O)c(-c3ccccc3)c2)c(-c2cc(Cl)c(O)c(-c3ccccc3)c2)c1. The van der Waals surface area contributed by atoms with Crippen molar-refractivity contribution in [1.82, 2.24) is 0 Å². The Morgan fingerprint density at radius 3 is 0.969 bits per heavy atom. The average Bonchev–Trinajstić information content (AvgIpc) is 3.32. The minimum absolute atomic E-state index is 0.0643. The van der Waals surface area contributed by atoms with Gasteiger partial charge in [-0.15, -0.1) is 0 Å². The van der Waals surface area contributed by atoms with Crippen molar-refractivity contribution in [3.05, 3.63) is 236 Å². The van der Waals surface area contributed by atoms with Crippen LogP contribution in [0.25, 0.3) is 55.6 Å². The Morgan fingerprint density at radius 1 is 0.312 bits per heavy atom. The van der Waals surface area contributed by atoms with E-state index in [1.54, 1.807) is 24.3 Å². The van der Waals surface area contributed by atoms with Gasteiger partial charge in [0, 0.05) is 22.3 Å². The molecule has 8 heteroatoms. The lowest BCUT2D eigenvalue weighted by Crippen LogP contribution is -2.32. The zero-order valence-electron chi connectivity index (χ0n) is 34.2. The highest BCUT2D eigenvalue weighted by atomic mass is 35.5. The van der Waals surface area contributed by atoms with Gasteiger partial charge in [0.15, 0.2) is 0 Å². The normalized spacial score (nSPS) is 11.5. The van der Waals surface area contributed by atoms with Crippen molar-refractivity contribution in [2.75, 3.05) is 0 Å². The van der Waals surface area contributed by atoms with Gasteiger partial charge >= 0.3 is 0 Å². The zero-order chi connectivity index (χ0) is 44.7. The molecule has 0 aliphatic heterocycles. The zero-order valence-corrected chi connectivity index (χ0v) is 37.2. The molecule has 0 saturated heterocycles. The first-order chi connectivity index (χ1) is 30.9. The summed E-state index contributed by atoms with van der Waals surface area (Å²) in [4.78, 5) is 0. The summed E-state index contributed by atoms with van der Waals surface area (Å²) in [5, 5.41) is 47.2. The van der Waals surface area contributed by atoms with Gasteiger partial charge in [0.1, 0.15) is 23.0 Å². The highest BCUT2D eigenvalue weighted by Gasteiger charge is 2.43. The van der Waals surface area contributed by atoms with Crippen molar-refractivity contribution in [1.29, 1.82) is 0 Å². The van der Waals surface area contributed by atoms with E-state index in [1.165, 1.54) is 0 Å². The molecule has 9 rings (SSSR count). The molecule has 0 fully saturated rings. The fraction of sp³-hybridized carbons (Fsp3) is 0.0357. The van der Waals surface area contributed by atoms with Crippen molar-refractivity contribution < 1.29 is 20.4 Å². The van der Waals surface area contributed by atoms with Gasteiger partial charge in [0.25, 0.3) is 0 Å². The minimum atomic E-state index is -1.48. The predicted octanol–water partition coefficient (Wildman–Crippen LogP) is 16.1. The molecule has 9 aromatic rings. The molecule has 0 unspecified atom stereocenters. The Bertz CT molecular complexity index is 2970. The monoisotopic (exact) mass is 914 g/mol. The maximum Gasteiger partial charge on any atom is 0.142 e. The van der Waals surface area contributed by atoms with E-state index < -0.39 is 5.41 Å². The van der Waals surface area contributed by atoms with Gasteiger partial charge in [-0.25, -0.2) is 0 Å². The molecule has 64 heavy (non-hydrogen) atoms. The van der Waals surface area contributed by atoms with Gasteiger partial charge in [-0.1, -0.05) is 191 Å². The van der Waals surface area contributed by atoms with E-state index in [9.17, 15) is 20.4 Å². The molecule has 0 bridgehead atoms. The first-order valence-electron chi connectivity index (χ1n) is 20.4. The fourth-order valence-corrected chi connectivity index (χ4v) is 9.62. The van der Waals surface area contributed by atoms with Crippen LogP contribution in [0.1, 0.15) is 27.8 Å². The first-order valence-corrected chi connectivity index (χ1v) is 21.9. The molecule has 9 aromatic carbocycles. The molecule has 0 spiro atoms. The molecule has 0 atom stereocenters. The second-order valence-electron chi connectivity index (χ2n) is 15.7. The number of hydrogen-bond donors (Lipinski definition) is 4. The molecular weight excluding hydrogens is 878 g/mol. The van der Waals surface area contributed by atoms with Crippen LogP contribution in [-0.2, 0) is 5.41 Å². The third-order valence-corrected chi connectivity index (χ3v) is 12.9. The lowest BCUT2D eigenvalue weighted by molar-refractivity contribution is 0.476. The van der Waals surface area contributed by atoms with Crippen LogP contribution in [0, 0.1) is 6.92 Å². The average molecular weight is 917 g/mol. The number of phenolic OH excluding ortho intramolecular Hbond substituents is 4. The summed E-state index contributed by atoms with van der Waals surface area (Å²) in [5.41, 5.74) is 8.11. The summed E-state index contributed by atoms with van der Waals surface area (Å²) >= 11 is 28.5. The third kappa shape index (κ3) is 7.63. The molecule has 4 nitrogen and oxygen atoms in total. The molecule has 0 aromatic heterocycles. The Labute approximate surface area is 391 Å². The Balaban J connectivity index is 1.51. The van der Waals surface area contributed by atoms with Crippen LogP contribution in [0.2, 0.25) is 20.1 Å². The topological polar surface area (TPSA) is 80.9 Å². The molecular formula is C56H38Cl4O4. The summed E-state index contributed by atoms with van der Waals surface area (Å²) < 4.78 is 0. The van der Waals surface area contributed by atoms with Gasteiger partial charge in [-0.3, -0.25) is 0 Å². The number of hydrogen-bond acceptors (Lipinski definition) is 4. The second kappa shape index (κ2) is 17.5. The molecule has 0 aliphatic carbocycles. The summed E-state index contributed by atoms with van der Waals surface area (Å²) in [5.74, 6) is -0.412. The first kappa shape index (κ1) is 42.6. The van der Waals surface area contributed by atoms with E-state index in [-0.39, 0.29) is 43.1 Å². The Kier molecular flexibility index (Phi) is 11.6. The van der Waals surface area contributed by atoms with E-state index in [0.717, 1.165) is 16.7 Å². The van der Waals surface area contributed by atoms with Crippen LogP contribution in [-0.4, -0.2) is 20.4 Å². The van der Waals surface area contributed by atoms with Crippen LogP contribution >= 0.6 is 46.4 Å². The van der Waals surface area contributed by atoms with Gasteiger partial charge < -0.3 is 20.4 Å². The quantitative estimate of drug-likeness (QED) is 0.109. The van der Waals surface area contributed by atoms with E-state index in [1.807, 2.05) is 165 Å². The van der Waals surface area contributed by atoms with Crippen molar-refractivity contribution in [2.45, 2.75) is 12.3 Å². The standard InChI is InChI=1S/C56H38Cl4O4/c1-33-22-23-47(42(24-33)38-25-43(52(61)48(57)26-38)34-14-6-2-7-15-34)56(39-27-44(53(62)49(58)30-39)35-16-8-3-9-17-35,40-28-45(54(63)50(59)31-40)36-18-10-4-11-19-36)41-29-46(55(64)51(60)32-41)37-20-12-5-13-21-37/h2-32,61-64H,1H3. The summed E-state index contributed by atoms with van der Waals surface area (Å²) in [6.45, 7) is 2.00. The smallest absolute Gasteiger partial charge is 0.142 e. The Hall–Kier alpha value is -6.66. The van der Waals surface area contributed by atoms with Crippen LogP contribution in [0.3, 0.4) is 0 Å². The van der Waals surface area contributed by atoms with Gasteiger partial charge in [-0.05, 0) is 111 Å². The molecule has 0 amide bonds. The van der Waals surface area contributed by atoms with E-state index >= 15 is 0 Å². The third-order valence-electron chi connectivity index (χ3n) is 11.8. The van der Waals surface area contributed by atoms with Crippen molar-refractivity contribution in [2.24, 2.45) is 0 Å². The van der Waals surface area contributed by atoms with Crippen molar-refractivity contribution in [3.8, 4) is 78.6 Å². The molecule has 314 valence electrons. The molecule has 0 aliphatic rings. The molecule has 4 N–H and O–H groups in total. The number of aromatic hydroxyl groups is 4. The maximum absolute atomic E-state index is 11.8. The minimum Gasteiger partial charge on any atom is -0.506 e. The largest absolute Gasteiger partial charge is 0.506 e. The van der Waals surface area contributed by atoms with Gasteiger partial charge in [0.05, 0.1) is 25.5 Å². The van der Waals surface area contributed by atoms with Gasteiger partial charge in [-0.2, -0.15) is 0 Å². The van der Waals surface area contributed by atoms with Gasteiger partial charge in [0.2, 0.25) is 0 Å². The number of rotatable bonds is 9.